The van der Waals surface area contributed by atoms with E-state index in [4.69, 9.17) is 5.73 Å². The third-order valence-corrected chi connectivity index (χ3v) is 1.25. The van der Waals surface area contributed by atoms with Crippen LogP contribution in [0, 0.1) is 0 Å². The minimum atomic E-state index is -0.540. The Balaban J connectivity index is 3.01. The Labute approximate surface area is 63.7 Å². The normalized spacial score (nSPS) is 9.55. The summed E-state index contributed by atoms with van der Waals surface area (Å²) < 4.78 is 0. The molecule has 11 heavy (non-hydrogen) atoms. The Kier molecular flexibility index (Phi) is 2.18. The molecule has 0 aliphatic heterocycles. The summed E-state index contributed by atoms with van der Waals surface area (Å²) in [5.74, 6) is -0.540. The lowest BCUT2D eigenvalue weighted by Crippen LogP contribution is -2.11. The zero-order valence-corrected chi connectivity index (χ0v) is 5.78. The van der Waals surface area contributed by atoms with Crippen LogP contribution in [0.4, 0.5) is 0 Å². The maximum Gasteiger partial charge on any atom is 0.248 e. The molecule has 0 fully saturated rings. The highest BCUT2D eigenvalue weighted by Gasteiger charge is 2.00. The molecular weight excluding hydrogens is 144 g/mol. The number of rotatable bonds is 2. The Morgan fingerprint density at radius 2 is 2.36 bits per heavy atom. The largest absolute Gasteiger partial charge is 0.366 e. The van der Waals surface area contributed by atoms with Gasteiger partial charge in [0, 0.05) is 11.8 Å². The molecule has 0 aliphatic rings. The first-order valence-electron chi connectivity index (χ1n) is 3.07. The Morgan fingerprint density at radius 1 is 1.64 bits per heavy atom. The third-order valence-electron chi connectivity index (χ3n) is 1.25. The highest BCUT2D eigenvalue weighted by Crippen LogP contribution is 2.00. The summed E-state index contributed by atoms with van der Waals surface area (Å²) in [5, 5.41) is 10.3. The fraction of sp³-hybridized carbons (Fsp3) is 0.143. The second kappa shape index (κ2) is 3.12. The first-order valence-corrected chi connectivity index (χ1v) is 3.07. The number of carbonyl (C=O) groups excluding carboxylic acids is 1. The average Bonchev–Trinajstić information content (AvgIpc) is 2.05. The van der Waals surface area contributed by atoms with Crippen molar-refractivity contribution >= 4 is 5.91 Å². The first kappa shape index (κ1) is 7.68. The molecule has 1 amide bonds. The molecule has 0 saturated carbocycles. The zero-order valence-electron chi connectivity index (χ0n) is 5.78. The van der Waals surface area contributed by atoms with E-state index in [0.717, 1.165) is 0 Å². The van der Waals surface area contributed by atoms with Crippen LogP contribution in [0.25, 0.3) is 0 Å². The SMILES string of the molecule is NC(=O)c1ccnc(C[O])c1. The Morgan fingerprint density at radius 3 is 2.91 bits per heavy atom. The summed E-state index contributed by atoms with van der Waals surface area (Å²) in [5.41, 5.74) is 5.63. The number of amides is 1. The van der Waals surface area contributed by atoms with Crippen molar-refractivity contribution in [2.75, 3.05) is 0 Å². The van der Waals surface area contributed by atoms with Crippen molar-refractivity contribution in [3.63, 3.8) is 0 Å². The number of hydrogen-bond acceptors (Lipinski definition) is 2. The molecule has 0 spiro atoms. The summed E-state index contributed by atoms with van der Waals surface area (Å²) in [6.07, 6.45) is 1.40. The smallest absolute Gasteiger partial charge is 0.248 e. The topological polar surface area (TPSA) is 75.9 Å². The van der Waals surface area contributed by atoms with Crippen LogP contribution in [-0.4, -0.2) is 10.9 Å². The maximum absolute atomic E-state index is 10.6. The van der Waals surface area contributed by atoms with Gasteiger partial charge in [0.25, 0.3) is 0 Å². The van der Waals surface area contributed by atoms with Gasteiger partial charge < -0.3 is 5.73 Å². The summed E-state index contributed by atoms with van der Waals surface area (Å²) in [4.78, 5) is 14.3. The second-order valence-corrected chi connectivity index (χ2v) is 2.04. The van der Waals surface area contributed by atoms with Crippen LogP contribution in [0.3, 0.4) is 0 Å². The molecule has 1 aromatic heterocycles. The molecule has 57 valence electrons. The van der Waals surface area contributed by atoms with Crippen LogP contribution in [0.15, 0.2) is 18.3 Å². The van der Waals surface area contributed by atoms with Gasteiger partial charge in [-0.25, -0.2) is 5.11 Å². The van der Waals surface area contributed by atoms with E-state index in [1.165, 1.54) is 18.3 Å². The van der Waals surface area contributed by atoms with Gasteiger partial charge in [-0.15, -0.1) is 0 Å². The van der Waals surface area contributed by atoms with Crippen molar-refractivity contribution in [3.8, 4) is 0 Å². The molecular formula is C7H7N2O2. The molecule has 1 aromatic rings. The van der Waals surface area contributed by atoms with Crippen LogP contribution in [0.5, 0.6) is 0 Å². The van der Waals surface area contributed by atoms with Crippen molar-refractivity contribution in [2.24, 2.45) is 5.73 Å². The Hall–Kier alpha value is -1.42. The van der Waals surface area contributed by atoms with Gasteiger partial charge in [-0.05, 0) is 12.1 Å². The van der Waals surface area contributed by atoms with E-state index in [-0.39, 0.29) is 0 Å². The quantitative estimate of drug-likeness (QED) is 0.651. The van der Waals surface area contributed by atoms with E-state index in [2.05, 4.69) is 4.98 Å². The maximum atomic E-state index is 10.6. The van der Waals surface area contributed by atoms with Crippen molar-refractivity contribution in [2.45, 2.75) is 6.61 Å². The van der Waals surface area contributed by atoms with Gasteiger partial charge in [-0.2, -0.15) is 0 Å². The molecule has 0 unspecified atom stereocenters. The van der Waals surface area contributed by atoms with Gasteiger partial charge in [-0.1, -0.05) is 0 Å². The second-order valence-electron chi connectivity index (χ2n) is 2.04. The fourth-order valence-electron chi connectivity index (χ4n) is 0.710. The van der Waals surface area contributed by atoms with E-state index in [0.29, 0.717) is 11.3 Å². The molecule has 1 rings (SSSR count). The van der Waals surface area contributed by atoms with Crippen molar-refractivity contribution in [1.29, 1.82) is 0 Å². The van der Waals surface area contributed by atoms with E-state index < -0.39 is 12.5 Å². The van der Waals surface area contributed by atoms with Crippen molar-refractivity contribution in [1.82, 2.24) is 4.98 Å². The minimum Gasteiger partial charge on any atom is -0.366 e. The van der Waals surface area contributed by atoms with Gasteiger partial charge in [0.2, 0.25) is 5.91 Å². The third kappa shape index (κ3) is 1.75. The summed E-state index contributed by atoms with van der Waals surface area (Å²) >= 11 is 0. The van der Waals surface area contributed by atoms with Gasteiger partial charge in [0.15, 0.2) is 0 Å². The summed E-state index contributed by atoms with van der Waals surface area (Å²) in [7, 11) is 0. The predicted octanol–water partition coefficient (Wildman–Crippen LogP) is 0.111. The monoisotopic (exact) mass is 151 g/mol. The zero-order chi connectivity index (χ0) is 8.27. The average molecular weight is 151 g/mol. The molecule has 0 saturated heterocycles. The highest BCUT2D eigenvalue weighted by atomic mass is 16.3. The van der Waals surface area contributed by atoms with Crippen LogP contribution in [0.2, 0.25) is 0 Å². The molecule has 4 heteroatoms. The van der Waals surface area contributed by atoms with E-state index in [9.17, 15) is 9.90 Å². The number of hydrogen-bond donors (Lipinski definition) is 1. The number of primary amides is 1. The lowest BCUT2D eigenvalue weighted by molar-refractivity contribution is 0.1000. The molecule has 0 aromatic carbocycles. The van der Waals surface area contributed by atoms with E-state index >= 15 is 0 Å². The molecule has 0 atom stereocenters. The first-order chi connectivity index (χ1) is 5.24. The van der Waals surface area contributed by atoms with Crippen LogP contribution in [0.1, 0.15) is 16.1 Å². The van der Waals surface area contributed by atoms with Crippen molar-refractivity contribution in [3.05, 3.63) is 29.6 Å². The lowest BCUT2D eigenvalue weighted by Gasteiger charge is -1.95. The summed E-state index contributed by atoms with van der Waals surface area (Å²) in [6, 6.07) is 2.87. The summed E-state index contributed by atoms with van der Waals surface area (Å²) in [6.45, 7) is -0.429. The standard InChI is InChI=1S/C7H7N2O2/c8-7(11)5-1-2-9-6(3-5)4-10/h1-3H,4H2,(H2,8,11). The highest BCUT2D eigenvalue weighted by molar-refractivity contribution is 5.92. The number of carbonyl (C=O) groups is 1. The van der Waals surface area contributed by atoms with E-state index in [1.807, 2.05) is 0 Å². The van der Waals surface area contributed by atoms with Crippen LogP contribution >= 0.6 is 0 Å². The van der Waals surface area contributed by atoms with Crippen LogP contribution in [-0.2, 0) is 11.7 Å². The van der Waals surface area contributed by atoms with Gasteiger partial charge in [-0.3, -0.25) is 9.78 Å². The fourth-order valence-corrected chi connectivity index (χ4v) is 0.710. The molecule has 1 radical (unpaired) electrons. The number of nitrogens with two attached hydrogens (primary N) is 1. The van der Waals surface area contributed by atoms with Gasteiger partial charge in [0.1, 0.15) is 6.61 Å². The lowest BCUT2D eigenvalue weighted by atomic mass is 10.2. The van der Waals surface area contributed by atoms with Gasteiger partial charge in [0.05, 0.1) is 5.69 Å². The Bertz CT molecular complexity index is 273. The predicted molar refractivity (Wildman–Crippen MR) is 37.1 cm³/mol. The molecule has 0 bridgehead atoms. The number of nitrogens with zero attached hydrogens (tertiary/aromatic N) is 1. The minimum absolute atomic E-state index is 0.325. The molecule has 0 aliphatic carbocycles. The van der Waals surface area contributed by atoms with Crippen molar-refractivity contribution < 1.29 is 9.90 Å². The number of aromatic nitrogens is 1. The van der Waals surface area contributed by atoms with Gasteiger partial charge >= 0.3 is 0 Å². The number of pyridine rings is 1. The molecule has 2 N–H and O–H groups in total. The molecule has 4 nitrogen and oxygen atoms in total. The molecule has 1 heterocycles. The van der Waals surface area contributed by atoms with Crippen LogP contribution < -0.4 is 5.73 Å². The van der Waals surface area contributed by atoms with E-state index in [1.54, 1.807) is 0 Å².